The van der Waals surface area contributed by atoms with Crippen molar-refractivity contribution < 1.29 is 4.79 Å². The van der Waals surface area contributed by atoms with E-state index < -0.39 is 0 Å². The zero-order valence-electron chi connectivity index (χ0n) is 12.2. The standard InChI is InChI=1S/C17H24ClNO/c1-13-7-9-14(10-8-13)11-12-17(20)19-16-6-4-2-3-5-15(16)18/h7-10,15-16H,2-6,11-12H2,1H3,(H,19,20). The molecule has 1 fully saturated rings. The Bertz CT molecular complexity index is 429. The van der Waals surface area contributed by atoms with Gasteiger partial charge in [-0.3, -0.25) is 4.79 Å². The number of amides is 1. The van der Waals surface area contributed by atoms with Crippen LogP contribution in [-0.2, 0) is 11.2 Å². The molecule has 110 valence electrons. The summed E-state index contributed by atoms with van der Waals surface area (Å²) in [6, 6.07) is 8.53. The van der Waals surface area contributed by atoms with Gasteiger partial charge in [-0.05, 0) is 31.7 Å². The number of rotatable bonds is 4. The number of alkyl halides is 1. The fourth-order valence-corrected chi connectivity index (χ4v) is 3.06. The maximum atomic E-state index is 12.0. The highest BCUT2D eigenvalue weighted by Crippen LogP contribution is 2.22. The molecule has 1 aromatic carbocycles. The zero-order valence-corrected chi connectivity index (χ0v) is 13.0. The molecule has 0 aromatic heterocycles. The third kappa shape index (κ3) is 4.82. The Morgan fingerprint density at radius 2 is 1.90 bits per heavy atom. The lowest BCUT2D eigenvalue weighted by Crippen LogP contribution is -2.40. The van der Waals surface area contributed by atoms with E-state index in [0.717, 1.165) is 19.3 Å². The first-order chi connectivity index (χ1) is 9.65. The van der Waals surface area contributed by atoms with Crippen molar-refractivity contribution in [3.63, 3.8) is 0 Å². The summed E-state index contributed by atoms with van der Waals surface area (Å²) in [6.45, 7) is 2.07. The van der Waals surface area contributed by atoms with Gasteiger partial charge in [0.2, 0.25) is 5.91 Å². The van der Waals surface area contributed by atoms with Crippen LogP contribution in [0.4, 0.5) is 0 Å². The normalized spacial score (nSPS) is 23.1. The van der Waals surface area contributed by atoms with Crippen LogP contribution in [0.3, 0.4) is 0 Å². The molecule has 1 aliphatic rings. The topological polar surface area (TPSA) is 29.1 Å². The van der Waals surface area contributed by atoms with Gasteiger partial charge < -0.3 is 5.32 Å². The van der Waals surface area contributed by atoms with E-state index in [2.05, 4.69) is 36.5 Å². The Kier molecular flexibility index (Phi) is 5.90. The summed E-state index contributed by atoms with van der Waals surface area (Å²) < 4.78 is 0. The van der Waals surface area contributed by atoms with Crippen LogP contribution in [0, 0.1) is 6.92 Å². The molecule has 1 aromatic rings. The summed E-state index contributed by atoms with van der Waals surface area (Å²) in [7, 11) is 0. The van der Waals surface area contributed by atoms with Crippen molar-refractivity contribution in [2.75, 3.05) is 0 Å². The van der Waals surface area contributed by atoms with Crippen molar-refractivity contribution in [1.82, 2.24) is 5.32 Å². The minimum Gasteiger partial charge on any atom is -0.352 e. The molecule has 0 saturated heterocycles. The number of nitrogens with one attached hydrogen (secondary N) is 1. The van der Waals surface area contributed by atoms with E-state index in [-0.39, 0.29) is 17.3 Å². The van der Waals surface area contributed by atoms with Crippen molar-refractivity contribution in [1.29, 1.82) is 0 Å². The Balaban J connectivity index is 1.78. The smallest absolute Gasteiger partial charge is 0.220 e. The number of aryl methyl sites for hydroxylation is 2. The van der Waals surface area contributed by atoms with Crippen LogP contribution in [0.15, 0.2) is 24.3 Å². The van der Waals surface area contributed by atoms with Crippen LogP contribution in [-0.4, -0.2) is 17.3 Å². The molecule has 2 atom stereocenters. The van der Waals surface area contributed by atoms with Crippen molar-refractivity contribution >= 4 is 17.5 Å². The second-order valence-corrected chi connectivity index (χ2v) is 6.37. The third-order valence-electron chi connectivity index (χ3n) is 4.04. The van der Waals surface area contributed by atoms with Crippen LogP contribution < -0.4 is 5.32 Å². The maximum absolute atomic E-state index is 12.0. The molecule has 2 unspecified atom stereocenters. The van der Waals surface area contributed by atoms with Gasteiger partial charge in [0.15, 0.2) is 0 Å². The summed E-state index contributed by atoms with van der Waals surface area (Å²) in [5, 5.41) is 3.22. The van der Waals surface area contributed by atoms with E-state index in [1.54, 1.807) is 0 Å². The predicted molar refractivity (Wildman–Crippen MR) is 84.2 cm³/mol. The van der Waals surface area contributed by atoms with E-state index in [4.69, 9.17) is 11.6 Å². The SMILES string of the molecule is Cc1ccc(CCC(=O)NC2CCCCCC2Cl)cc1. The summed E-state index contributed by atoms with van der Waals surface area (Å²) in [4.78, 5) is 12.0. The van der Waals surface area contributed by atoms with Crippen molar-refractivity contribution in [2.24, 2.45) is 0 Å². The van der Waals surface area contributed by atoms with Crippen LogP contribution in [0.5, 0.6) is 0 Å². The van der Waals surface area contributed by atoms with Crippen molar-refractivity contribution in [3.05, 3.63) is 35.4 Å². The second kappa shape index (κ2) is 7.68. The predicted octanol–water partition coefficient (Wildman–Crippen LogP) is 3.98. The van der Waals surface area contributed by atoms with E-state index >= 15 is 0 Å². The van der Waals surface area contributed by atoms with E-state index in [9.17, 15) is 4.79 Å². The molecule has 2 nitrogen and oxygen atoms in total. The van der Waals surface area contributed by atoms with Crippen LogP contribution >= 0.6 is 11.6 Å². The molecule has 1 N–H and O–H groups in total. The molecule has 0 spiro atoms. The van der Waals surface area contributed by atoms with Gasteiger partial charge in [-0.15, -0.1) is 11.6 Å². The number of halogens is 1. The molecule has 0 bridgehead atoms. The third-order valence-corrected chi connectivity index (χ3v) is 4.56. The number of hydrogen-bond donors (Lipinski definition) is 1. The molecule has 3 heteroatoms. The van der Waals surface area contributed by atoms with Crippen LogP contribution in [0.25, 0.3) is 0 Å². The largest absolute Gasteiger partial charge is 0.352 e. The average Bonchev–Trinajstić information content (AvgIpc) is 2.64. The molecule has 2 rings (SSSR count). The van der Waals surface area contributed by atoms with Gasteiger partial charge in [0.05, 0.1) is 5.38 Å². The van der Waals surface area contributed by atoms with Crippen molar-refractivity contribution in [3.8, 4) is 0 Å². The molecule has 20 heavy (non-hydrogen) atoms. The monoisotopic (exact) mass is 293 g/mol. The number of carbonyl (C=O) groups excluding carboxylic acids is 1. The van der Waals surface area contributed by atoms with Gasteiger partial charge in [-0.1, -0.05) is 49.1 Å². The number of hydrogen-bond acceptors (Lipinski definition) is 1. The van der Waals surface area contributed by atoms with E-state index in [1.807, 2.05) is 0 Å². The minimum atomic E-state index is 0.0980. The Hall–Kier alpha value is -1.02. The first-order valence-electron chi connectivity index (χ1n) is 7.64. The summed E-state index contributed by atoms with van der Waals surface area (Å²) in [5.41, 5.74) is 2.47. The molecule has 0 heterocycles. The number of carbonyl (C=O) groups is 1. The highest BCUT2D eigenvalue weighted by atomic mass is 35.5. The molecular weight excluding hydrogens is 270 g/mol. The van der Waals surface area contributed by atoms with Crippen LogP contribution in [0.2, 0.25) is 0 Å². The highest BCUT2D eigenvalue weighted by molar-refractivity contribution is 6.21. The lowest BCUT2D eigenvalue weighted by molar-refractivity contribution is -0.121. The molecule has 1 saturated carbocycles. The quantitative estimate of drug-likeness (QED) is 0.660. The maximum Gasteiger partial charge on any atom is 0.220 e. The Morgan fingerprint density at radius 1 is 1.20 bits per heavy atom. The average molecular weight is 294 g/mol. The molecule has 1 amide bonds. The molecule has 0 aliphatic heterocycles. The lowest BCUT2D eigenvalue weighted by Gasteiger charge is -2.21. The van der Waals surface area contributed by atoms with Gasteiger partial charge in [0.25, 0.3) is 0 Å². The van der Waals surface area contributed by atoms with Gasteiger partial charge in [-0.25, -0.2) is 0 Å². The lowest BCUT2D eigenvalue weighted by atomic mass is 10.1. The highest BCUT2D eigenvalue weighted by Gasteiger charge is 2.22. The molecule has 1 aliphatic carbocycles. The van der Waals surface area contributed by atoms with E-state index in [0.29, 0.717) is 6.42 Å². The van der Waals surface area contributed by atoms with Gasteiger partial charge in [-0.2, -0.15) is 0 Å². The summed E-state index contributed by atoms with van der Waals surface area (Å²) in [6.07, 6.45) is 6.97. The fraction of sp³-hybridized carbons (Fsp3) is 0.588. The Morgan fingerprint density at radius 3 is 2.65 bits per heavy atom. The van der Waals surface area contributed by atoms with Gasteiger partial charge in [0, 0.05) is 12.5 Å². The van der Waals surface area contributed by atoms with Crippen molar-refractivity contribution in [2.45, 2.75) is 63.3 Å². The molecule has 0 radical (unpaired) electrons. The first kappa shape index (κ1) is 15.4. The summed E-state index contributed by atoms with van der Waals surface area (Å²) in [5.74, 6) is 0.128. The van der Waals surface area contributed by atoms with Crippen LogP contribution in [0.1, 0.15) is 49.7 Å². The van der Waals surface area contributed by atoms with E-state index in [1.165, 1.54) is 30.4 Å². The van der Waals surface area contributed by atoms with Gasteiger partial charge in [0.1, 0.15) is 0 Å². The minimum absolute atomic E-state index is 0.0980. The second-order valence-electron chi connectivity index (χ2n) is 5.81. The summed E-state index contributed by atoms with van der Waals surface area (Å²) >= 11 is 6.35. The fourth-order valence-electron chi connectivity index (χ4n) is 2.72. The Labute approximate surface area is 126 Å². The van der Waals surface area contributed by atoms with Gasteiger partial charge >= 0.3 is 0 Å². The zero-order chi connectivity index (χ0) is 14.4. The molecular formula is C17H24ClNO. The number of benzene rings is 1. The first-order valence-corrected chi connectivity index (χ1v) is 8.08.